The molecular weight excluding hydrogens is 236 g/mol. The number of phenolic OH excluding ortho intramolecular Hbond substituents is 1. The fourth-order valence-corrected chi connectivity index (χ4v) is 2.05. The lowest BCUT2D eigenvalue weighted by molar-refractivity contribution is 0.475. The van der Waals surface area contributed by atoms with E-state index in [1.54, 1.807) is 12.1 Å². The van der Waals surface area contributed by atoms with Crippen LogP contribution in [-0.4, -0.2) is 11.7 Å². The lowest BCUT2D eigenvalue weighted by Crippen LogP contribution is -2.21. The Balaban J connectivity index is 2.12. The third-order valence-corrected chi connectivity index (χ3v) is 3.23. The number of nitrogens with zero attached hydrogens (tertiary/aromatic N) is 1. The highest BCUT2D eigenvalue weighted by molar-refractivity contribution is 5.48. The van der Waals surface area contributed by atoms with Crippen LogP contribution in [0.5, 0.6) is 5.75 Å². The fourth-order valence-electron chi connectivity index (χ4n) is 2.05. The zero-order chi connectivity index (χ0) is 13.7. The predicted octanol–water partition coefficient (Wildman–Crippen LogP) is 2.88. The van der Waals surface area contributed by atoms with Gasteiger partial charge in [-0.25, -0.2) is 0 Å². The molecule has 0 atom stereocenters. The van der Waals surface area contributed by atoms with E-state index in [0.717, 1.165) is 18.7 Å². The maximum absolute atomic E-state index is 9.30. The highest BCUT2D eigenvalue weighted by Crippen LogP contribution is 2.19. The molecule has 0 unspecified atom stereocenters. The van der Waals surface area contributed by atoms with E-state index in [9.17, 15) is 5.11 Å². The minimum absolute atomic E-state index is 0.305. The highest BCUT2D eigenvalue weighted by Gasteiger charge is 2.05. The summed E-state index contributed by atoms with van der Waals surface area (Å²) in [5.74, 6) is 0.305. The first-order valence-electron chi connectivity index (χ1n) is 6.54. The van der Waals surface area contributed by atoms with Gasteiger partial charge < -0.3 is 15.7 Å². The summed E-state index contributed by atoms with van der Waals surface area (Å²) in [7, 11) is 0. The lowest BCUT2D eigenvalue weighted by Gasteiger charge is -2.23. The third kappa shape index (κ3) is 3.48. The van der Waals surface area contributed by atoms with Crippen molar-refractivity contribution in [1.82, 2.24) is 0 Å². The smallest absolute Gasteiger partial charge is 0.115 e. The molecule has 2 aromatic rings. The van der Waals surface area contributed by atoms with Crippen molar-refractivity contribution in [2.24, 2.45) is 5.73 Å². The van der Waals surface area contributed by atoms with Crippen LogP contribution in [0.2, 0.25) is 0 Å². The molecule has 2 rings (SSSR count). The number of nitrogens with two attached hydrogens (primary N) is 1. The number of benzene rings is 2. The molecule has 0 bridgehead atoms. The Kier molecular flexibility index (Phi) is 4.42. The average molecular weight is 256 g/mol. The fraction of sp³-hybridized carbons (Fsp3) is 0.250. The summed E-state index contributed by atoms with van der Waals surface area (Å²) in [6.07, 6.45) is 0. The van der Waals surface area contributed by atoms with E-state index in [1.165, 1.54) is 11.3 Å². The molecule has 0 radical (unpaired) electrons. The summed E-state index contributed by atoms with van der Waals surface area (Å²) in [5, 5.41) is 9.30. The summed E-state index contributed by atoms with van der Waals surface area (Å²) in [5.41, 5.74) is 9.12. The average Bonchev–Trinajstić information content (AvgIpc) is 2.47. The van der Waals surface area contributed by atoms with Gasteiger partial charge in [-0.05, 0) is 42.3 Å². The monoisotopic (exact) mass is 256 g/mol. The minimum atomic E-state index is 0.305. The van der Waals surface area contributed by atoms with Gasteiger partial charge in [0, 0.05) is 25.3 Å². The maximum atomic E-state index is 9.30. The summed E-state index contributed by atoms with van der Waals surface area (Å²) in [6, 6.07) is 15.7. The molecule has 3 nitrogen and oxygen atoms in total. The van der Waals surface area contributed by atoms with Crippen LogP contribution in [0.15, 0.2) is 48.5 Å². The molecular formula is C16H20N2O. The number of hydrogen-bond acceptors (Lipinski definition) is 3. The Bertz CT molecular complexity index is 505. The van der Waals surface area contributed by atoms with E-state index in [-0.39, 0.29) is 0 Å². The van der Waals surface area contributed by atoms with Gasteiger partial charge in [0.1, 0.15) is 5.75 Å². The summed E-state index contributed by atoms with van der Waals surface area (Å²) in [6.45, 7) is 4.48. The molecule has 19 heavy (non-hydrogen) atoms. The van der Waals surface area contributed by atoms with Crippen molar-refractivity contribution in [2.45, 2.75) is 20.0 Å². The Labute approximate surface area is 114 Å². The van der Waals surface area contributed by atoms with Gasteiger partial charge in [-0.15, -0.1) is 0 Å². The molecule has 0 aromatic heterocycles. The molecule has 3 N–H and O–H groups in total. The second kappa shape index (κ2) is 6.25. The zero-order valence-electron chi connectivity index (χ0n) is 11.2. The third-order valence-electron chi connectivity index (χ3n) is 3.23. The molecule has 0 aliphatic rings. The molecule has 0 amide bonds. The van der Waals surface area contributed by atoms with Gasteiger partial charge in [-0.3, -0.25) is 0 Å². The van der Waals surface area contributed by atoms with Crippen LogP contribution in [0.3, 0.4) is 0 Å². The van der Waals surface area contributed by atoms with Crippen LogP contribution in [0.25, 0.3) is 0 Å². The van der Waals surface area contributed by atoms with Gasteiger partial charge in [-0.1, -0.05) is 24.3 Å². The van der Waals surface area contributed by atoms with Gasteiger partial charge in [0.15, 0.2) is 0 Å². The second-order valence-electron chi connectivity index (χ2n) is 4.55. The molecule has 0 saturated heterocycles. The SMILES string of the molecule is CCN(Cc1ccc(O)cc1)c1ccc(CN)cc1. The van der Waals surface area contributed by atoms with Gasteiger partial charge in [0.25, 0.3) is 0 Å². The van der Waals surface area contributed by atoms with Crippen LogP contribution >= 0.6 is 0 Å². The van der Waals surface area contributed by atoms with Crippen molar-refractivity contribution >= 4 is 5.69 Å². The van der Waals surface area contributed by atoms with E-state index in [4.69, 9.17) is 5.73 Å². The molecule has 0 spiro atoms. The molecule has 0 saturated carbocycles. The topological polar surface area (TPSA) is 49.5 Å². The van der Waals surface area contributed by atoms with E-state index in [0.29, 0.717) is 12.3 Å². The number of aromatic hydroxyl groups is 1. The largest absolute Gasteiger partial charge is 0.508 e. The minimum Gasteiger partial charge on any atom is -0.508 e. The first kappa shape index (κ1) is 13.4. The highest BCUT2D eigenvalue weighted by atomic mass is 16.3. The zero-order valence-corrected chi connectivity index (χ0v) is 11.2. The molecule has 3 heteroatoms. The van der Waals surface area contributed by atoms with Gasteiger partial charge in [0.05, 0.1) is 0 Å². The Hall–Kier alpha value is -2.00. The first-order valence-corrected chi connectivity index (χ1v) is 6.54. The molecule has 0 heterocycles. The van der Waals surface area contributed by atoms with Crippen molar-refractivity contribution in [1.29, 1.82) is 0 Å². The molecule has 0 fully saturated rings. The Morgan fingerprint density at radius 2 is 1.53 bits per heavy atom. The molecule has 2 aromatic carbocycles. The predicted molar refractivity (Wildman–Crippen MR) is 79.2 cm³/mol. The van der Waals surface area contributed by atoms with Crippen molar-refractivity contribution in [3.8, 4) is 5.75 Å². The normalized spacial score (nSPS) is 10.4. The van der Waals surface area contributed by atoms with Crippen LogP contribution in [0, 0.1) is 0 Å². The van der Waals surface area contributed by atoms with Gasteiger partial charge in [0.2, 0.25) is 0 Å². The van der Waals surface area contributed by atoms with Crippen LogP contribution in [0.4, 0.5) is 5.69 Å². The van der Waals surface area contributed by atoms with Crippen LogP contribution in [0.1, 0.15) is 18.1 Å². The summed E-state index contributed by atoms with van der Waals surface area (Å²) >= 11 is 0. The summed E-state index contributed by atoms with van der Waals surface area (Å²) in [4.78, 5) is 2.28. The van der Waals surface area contributed by atoms with E-state index in [2.05, 4.69) is 36.1 Å². The standard InChI is InChI=1S/C16H20N2O/c1-2-18(12-14-5-9-16(19)10-6-14)15-7-3-13(11-17)4-8-15/h3-10,19H,2,11-12,17H2,1H3. The van der Waals surface area contributed by atoms with Gasteiger partial charge >= 0.3 is 0 Å². The van der Waals surface area contributed by atoms with Crippen LogP contribution in [-0.2, 0) is 13.1 Å². The van der Waals surface area contributed by atoms with Gasteiger partial charge in [-0.2, -0.15) is 0 Å². The Morgan fingerprint density at radius 1 is 0.947 bits per heavy atom. The number of phenols is 1. The van der Waals surface area contributed by atoms with E-state index < -0.39 is 0 Å². The quantitative estimate of drug-likeness (QED) is 0.864. The molecule has 0 aliphatic carbocycles. The molecule has 0 aliphatic heterocycles. The van der Waals surface area contributed by atoms with E-state index in [1.807, 2.05) is 12.1 Å². The second-order valence-corrected chi connectivity index (χ2v) is 4.55. The van der Waals surface area contributed by atoms with Crippen molar-refractivity contribution < 1.29 is 5.11 Å². The van der Waals surface area contributed by atoms with Crippen molar-refractivity contribution in [3.05, 3.63) is 59.7 Å². The maximum Gasteiger partial charge on any atom is 0.115 e. The van der Waals surface area contributed by atoms with Crippen LogP contribution < -0.4 is 10.6 Å². The Morgan fingerprint density at radius 3 is 2.05 bits per heavy atom. The lowest BCUT2D eigenvalue weighted by atomic mass is 10.1. The van der Waals surface area contributed by atoms with Crippen molar-refractivity contribution in [2.75, 3.05) is 11.4 Å². The first-order chi connectivity index (χ1) is 9.22. The number of hydrogen-bond donors (Lipinski definition) is 2. The molecule has 100 valence electrons. The summed E-state index contributed by atoms with van der Waals surface area (Å²) < 4.78 is 0. The van der Waals surface area contributed by atoms with Crippen molar-refractivity contribution in [3.63, 3.8) is 0 Å². The van der Waals surface area contributed by atoms with E-state index >= 15 is 0 Å². The number of anilines is 1. The number of rotatable bonds is 5.